The van der Waals surface area contributed by atoms with Gasteiger partial charge in [-0.05, 0) is 73.6 Å². The van der Waals surface area contributed by atoms with E-state index in [0.717, 1.165) is 26.9 Å². The van der Waals surface area contributed by atoms with Gasteiger partial charge in [-0.2, -0.15) is 0 Å². The number of rotatable bonds is 3. The largest absolute Gasteiger partial charge is 0.337 e. The lowest BCUT2D eigenvalue weighted by Crippen LogP contribution is -2.29. The molecule has 2 aliphatic heterocycles. The van der Waals surface area contributed by atoms with Crippen LogP contribution in [0.5, 0.6) is 0 Å². The third-order valence-corrected chi connectivity index (χ3v) is 8.14. The van der Waals surface area contributed by atoms with Crippen molar-refractivity contribution in [1.82, 2.24) is 0 Å². The van der Waals surface area contributed by atoms with E-state index in [1.165, 1.54) is 18.7 Å². The van der Waals surface area contributed by atoms with Gasteiger partial charge in [-0.1, -0.05) is 47.6 Å². The van der Waals surface area contributed by atoms with E-state index < -0.39 is 0 Å². The van der Waals surface area contributed by atoms with Crippen LogP contribution in [-0.4, -0.2) is 23.9 Å². The summed E-state index contributed by atoms with van der Waals surface area (Å²) in [7, 11) is 1.94. The van der Waals surface area contributed by atoms with Gasteiger partial charge in [-0.3, -0.25) is 14.5 Å². The second-order valence-corrected chi connectivity index (χ2v) is 10.4. The zero-order chi connectivity index (χ0) is 24.0. The Bertz CT molecular complexity index is 1420. The number of amides is 1. The molecule has 34 heavy (non-hydrogen) atoms. The average Bonchev–Trinajstić information content (AvgIpc) is 3.30. The van der Waals surface area contributed by atoms with Gasteiger partial charge in [-0.25, -0.2) is 4.99 Å². The third-order valence-electron chi connectivity index (χ3n) is 5.51. The number of fused-ring (bicyclic) bond motifs is 1. The van der Waals surface area contributed by atoms with Crippen molar-refractivity contribution >= 4 is 69.0 Å². The second-order valence-electron chi connectivity index (χ2n) is 7.99. The van der Waals surface area contributed by atoms with Crippen molar-refractivity contribution < 1.29 is 9.59 Å². The van der Waals surface area contributed by atoms with Crippen molar-refractivity contribution in [3.8, 4) is 0 Å². The molecule has 8 heteroatoms. The summed E-state index contributed by atoms with van der Waals surface area (Å²) < 4.78 is 0. The van der Waals surface area contributed by atoms with E-state index in [0.29, 0.717) is 26.3 Å². The maximum atomic E-state index is 13.8. The lowest BCUT2D eigenvalue weighted by molar-refractivity contribution is -0.113. The molecule has 1 fully saturated rings. The molecule has 0 N–H and O–H groups in total. The van der Waals surface area contributed by atoms with Crippen LogP contribution in [0, 0.1) is 6.92 Å². The van der Waals surface area contributed by atoms with Gasteiger partial charge in [0.05, 0.1) is 22.1 Å². The van der Waals surface area contributed by atoms with Gasteiger partial charge in [0.1, 0.15) is 4.91 Å². The summed E-state index contributed by atoms with van der Waals surface area (Å²) in [5, 5.41) is 2.03. The number of nitrogens with zero attached hydrogens (tertiary/aromatic N) is 3. The molecule has 0 spiro atoms. The van der Waals surface area contributed by atoms with Crippen molar-refractivity contribution in [1.29, 1.82) is 0 Å². The van der Waals surface area contributed by atoms with E-state index >= 15 is 0 Å². The van der Waals surface area contributed by atoms with Crippen LogP contribution < -0.4 is 9.80 Å². The lowest BCUT2D eigenvalue weighted by Gasteiger charge is -2.17. The number of amidine groups is 1. The number of carbonyl (C=O) groups excluding carboxylic acids is 2. The Morgan fingerprint density at radius 2 is 1.79 bits per heavy atom. The van der Waals surface area contributed by atoms with E-state index in [-0.39, 0.29) is 11.7 Å². The normalized spacial score (nSPS) is 18.7. The van der Waals surface area contributed by atoms with Crippen molar-refractivity contribution in [2.24, 2.45) is 4.99 Å². The summed E-state index contributed by atoms with van der Waals surface area (Å²) in [5.41, 5.74) is 3.96. The molecular weight excluding hydrogens is 486 g/mol. The molecular formula is C26H20ClN3O2S2. The third kappa shape index (κ3) is 4.15. The first-order chi connectivity index (χ1) is 16.3. The molecule has 0 atom stereocenters. The summed E-state index contributed by atoms with van der Waals surface area (Å²) in [6.07, 6.45) is 0. The molecule has 5 rings (SSSR count). The minimum Gasteiger partial charge on any atom is -0.337 e. The number of aryl methyl sites for hydroxylation is 1. The van der Waals surface area contributed by atoms with Gasteiger partial charge in [0.2, 0.25) is 0 Å². The smallest absolute Gasteiger partial charge is 0.274 e. The predicted octanol–water partition coefficient (Wildman–Crippen LogP) is 7.03. The number of aliphatic imine (C=N–C) groups is 1. The van der Waals surface area contributed by atoms with Crippen LogP contribution >= 0.6 is 35.1 Å². The molecule has 1 saturated heterocycles. The van der Waals surface area contributed by atoms with E-state index in [1.54, 1.807) is 34.9 Å². The first-order valence-electron chi connectivity index (χ1n) is 10.6. The molecule has 1 amide bonds. The van der Waals surface area contributed by atoms with Crippen molar-refractivity contribution in [3.63, 3.8) is 0 Å². The Labute approximate surface area is 211 Å². The number of anilines is 2. The minimum atomic E-state index is -0.134. The van der Waals surface area contributed by atoms with Crippen molar-refractivity contribution in [2.75, 3.05) is 16.8 Å². The lowest BCUT2D eigenvalue weighted by atomic mass is 10.1. The number of ketones is 1. The quantitative estimate of drug-likeness (QED) is 0.282. The van der Waals surface area contributed by atoms with Gasteiger partial charge in [0.15, 0.2) is 11.0 Å². The van der Waals surface area contributed by atoms with Gasteiger partial charge >= 0.3 is 0 Å². The van der Waals surface area contributed by atoms with Gasteiger partial charge in [0, 0.05) is 22.5 Å². The van der Waals surface area contributed by atoms with Gasteiger partial charge in [-0.15, -0.1) is 0 Å². The summed E-state index contributed by atoms with van der Waals surface area (Å²) in [6, 6.07) is 20.7. The number of carbonyl (C=O) groups is 2. The maximum Gasteiger partial charge on any atom is 0.274 e. The highest BCUT2D eigenvalue weighted by atomic mass is 35.5. The van der Waals surface area contributed by atoms with Crippen LogP contribution in [-0.2, 0) is 4.79 Å². The highest BCUT2D eigenvalue weighted by Gasteiger charge is 2.40. The Morgan fingerprint density at radius 3 is 2.56 bits per heavy atom. The van der Waals surface area contributed by atoms with Gasteiger partial charge in [0.25, 0.3) is 5.91 Å². The Balaban J connectivity index is 1.62. The molecule has 0 unspecified atom stereocenters. The minimum absolute atomic E-state index is 0.0315. The highest BCUT2D eigenvalue weighted by Crippen LogP contribution is 2.51. The fourth-order valence-electron chi connectivity index (χ4n) is 3.80. The first kappa shape index (κ1) is 22.8. The van der Waals surface area contributed by atoms with Crippen LogP contribution in [0.2, 0.25) is 5.02 Å². The number of thioether (sulfide) groups is 2. The predicted molar refractivity (Wildman–Crippen MR) is 143 cm³/mol. The van der Waals surface area contributed by atoms with Crippen molar-refractivity contribution in [2.45, 2.75) is 18.7 Å². The molecule has 5 nitrogen and oxygen atoms in total. The van der Waals surface area contributed by atoms with E-state index in [9.17, 15) is 9.59 Å². The molecule has 0 saturated carbocycles. The summed E-state index contributed by atoms with van der Waals surface area (Å²) in [4.78, 5) is 35.7. The number of hydrogen-bond donors (Lipinski definition) is 0. The molecule has 0 aliphatic carbocycles. The molecule has 2 aliphatic rings. The van der Waals surface area contributed by atoms with Crippen LogP contribution in [0.15, 0.2) is 86.6 Å². The zero-order valence-electron chi connectivity index (χ0n) is 18.7. The van der Waals surface area contributed by atoms with E-state index in [4.69, 9.17) is 16.6 Å². The second kappa shape index (κ2) is 8.98. The summed E-state index contributed by atoms with van der Waals surface area (Å²) in [6.45, 7) is 3.52. The fraction of sp³-hybridized carbons (Fsp3) is 0.115. The SMILES string of the molecule is CC(=O)c1cccc(N=C2SC(=C3Sc4ccc(Cl)cc4N3C)C(=O)N2c2cccc(C)c2)c1. The van der Waals surface area contributed by atoms with Gasteiger partial charge < -0.3 is 4.90 Å². The summed E-state index contributed by atoms with van der Waals surface area (Å²) >= 11 is 9.10. The average molecular weight is 506 g/mol. The van der Waals surface area contributed by atoms with Crippen LogP contribution in [0.25, 0.3) is 0 Å². The molecule has 0 aromatic heterocycles. The topological polar surface area (TPSA) is 53.0 Å². The van der Waals surface area contributed by atoms with Crippen LogP contribution in [0.1, 0.15) is 22.8 Å². The molecule has 2 heterocycles. The zero-order valence-corrected chi connectivity index (χ0v) is 21.1. The Morgan fingerprint density at radius 1 is 1.00 bits per heavy atom. The summed E-state index contributed by atoms with van der Waals surface area (Å²) in [5.74, 6) is -0.165. The number of halogens is 1. The number of hydrogen-bond acceptors (Lipinski definition) is 6. The van der Waals surface area contributed by atoms with E-state index in [1.807, 2.05) is 67.4 Å². The van der Waals surface area contributed by atoms with Crippen molar-refractivity contribution in [3.05, 3.63) is 92.8 Å². The maximum absolute atomic E-state index is 13.8. The highest BCUT2D eigenvalue weighted by molar-refractivity contribution is 8.20. The monoisotopic (exact) mass is 505 g/mol. The number of Topliss-reactive ketones (excluding diaryl/α,β-unsaturated/α-hetero) is 1. The first-order valence-corrected chi connectivity index (χ1v) is 12.6. The molecule has 0 bridgehead atoms. The Hall–Kier alpha value is -3.00. The van der Waals surface area contributed by atoms with E-state index in [2.05, 4.69) is 0 Å². The molecule has 3 aromatic rings. The number of benzene rings is 3. The standard InChI is InChI=1S/C26H20ClN3O2S2/c1-15-6-4-9-20(12-15)30-24(32)23(25-29(3)21-14-18(27)10-11-22(21)33-25)34-26(30)28-19-8-5-7-17(13-19)16(2)31/h4-14H,1-3H3. The van der Waals surface area contributed by atoms with Crippen LogP contribution in [0.3, 0.4) is 0 Å². The van der Waals surface area contributed by atoms with Crippen LogP contribution in [0.4, 0.5) is 17.1 Å². The Kier molecular flexibility index (Phi) is 6.02. The molecule has 0 radical (unpaired) electrons. The fourth-order valence-corrected chi connectivity index (χ4v) is 6.29. The molecule has 170 valence electrons. The molecule has 3 aromatic carbocycles.